The van der Waals surface area contributed by atoms with Crippen LogP contribution in [-0.2, 0) is 16.1 Å². The number of methoxy groups -OCH3 is 1. The summed E-state index contributed by atoms with van der Waals surface area (Å²) >= 11 is 0. The minimum atomic E-state index is 0.123. The summed E-state index contributed by atoms with van der Waals surface area (Å²) in [5, 5.41) is 3.54. The van der Waals surface area contributed by atoms with Gasteiger partial charge in [0.15, 0.2) is 0 Å². The highest BCUT2D eigenvalue weighted by molar-refractivity contribution is 5.61. The summed E-state index contributed by atoms with van der Waals surface area (Å²) in [7, 11) is 1.76. The highest BCUT2D eigenvalue weighted by Crippen LogP contribution is 2.34. The molecule has 0 spiro atoms. The number of benzene rings is 3. The first-order valence-electron chi connectivity index (χ1n) is 15.7. The minimum Gasteiger partial charge on any atom is -0.490 e. The largest absolute Gasteiger partial charge is 0.490 e. The molecule has 2 atom stereocenters. The normalized spacial score (nSPS) is 21.1. The Morgan fingerprint density at radius 3 is 2.57 bits per heavy atom. The van der Waals surface area contributed by atoms with Crippen molar-refractivity contribution in [3.8, 4) is 11.5 Å². The van der Waals surface area contributed by atoms with Gasteiger partial charge in [0.2, 0.25) is 0 Å². The molecular formula is C35H45N3O4. The Hall–Kier alpha value is -3.26. The number of piperidine rings is 2. The summed E-state index contributed by atoms with van der Waals surface area (Å²) in [4.78, 5) is 4.86. The molecule has 0 bridgehead atoms. The van der Waals surface area contributed by atoms with Crippen molar-refractivity contribution >= 4 is 11.4 Å². The van der Waals surface area contributed by atoms with Crippen LogP contribution in [0.25, 0.3) is 0 Å². The zero-order valence-corrected chi connectivity index (χ0v) is 24.9. The molecule has 2 fully saturated rings. The maximum absolute atomic E-state index is 6.58. The number of ether oxygens (including phenoxy) is 4. The number of anilines is 2. The van der Waals surface area contributed by atoms with Gasteiger partial charge in [0.05, 0.1) is 24.9 Å². The number of rotatable bonds is 11. The van der Waals surface area contributed by atoms with Crippen LogP contribution in [0.4, 0.5) is 11.4 Å². The topological polar surface area (TPSA) is 55.4 Å². The highest BCUT2D eigenvalue weighted by atomic mass is 16.5. The van der Waals surface area contributed by atoms with Crippen molar-refractivity contribution in [2.75, 3.05) is 69.4 Å². The monoisotopic (exact) mass is 571 g/mol. The van der Waals surface area contributed by atoms with Crippen LogP contribution in [0.1, 0.15) is 42.7 Å². The summed E-state index contributed by atoms with van der Waals surface area (Å²) < 4.78 is 24.2. The fourth-order valence-electron chi connectivity index (χ4n) is 6.49. The zero-order valence-electron chi connectivity index (χ0n) is 24.9. The zero-order chi connectivity index (χ0) is 28.6. The number of hydrogen-bond donors (Lipinski definition) is 1. The van der Waals surface area contributed by atoms with Gasteiger partial charge in [-0.05, 0) is 66.9 Å². The molecule has 3 aliphatic rings. The number of nitrogens with one attached hydrogen (secondary N) is 1. The van der Waals surface area contributed by atoms with E-state index in [2.05, 4.69) is 87.9 Å². The maximum Gasteiger partial charge on any atom is 0.142 e. The second-order valence-corrected chi connectivity index (χ2v) is 11.6. The van der Waals surface area contributed by atoms with E-state index < -0.39 is 0 Å². The van der Waals surface area contributed by atoms with Crippen molar-refractivity contribution in [1.29, 1.82) is 0 Å². The maximum atomic E-state index is 6.58. The van der Waals surface area contributed by atoms with Crippen molar-refractivity contribution in [3.63, 3.8) is 0 Å². The van der Waals surface area contributed by atoms with E-state index in [0.717, 1.165) is 95.4 Å². The minimum absolute atomic E-state index is 0.123. The molecule has 42 heavy (non-hydrogen) atoms. The molecule has 7 nitrogen and oxygen atoms in total. The van der Waals surface area contributed by atoms with E-state index >= 15 is 0 Å². The molecule has 3 aromatic carbocycles. The van der Waals surface area contributed by atoms with Crippen LogP contribution in [0.2, 0.25) is 0 Å². The van der Waals surface area contributed by atoms with E-state index in [0.29, 0.717) is 12.5 Å². The van der Waals surface area contributed by atoms with Gasteiger partial charge in [0.25, 0.3) is 0 Å². The van der Waals surface area contributed by atoms with Gasteiger partial charge in [-0.2, -0.15) is 0 Å². The molecule has 0 saturated carbocycles. The molecule has 0 radical (unpaired) electrons. The molecule has 0 amide bonds. The van der Waals surface area contributed by atoms with E-state index in [1.807, 2.05) is 0 Å². The van der Waals surface area contributed by atoms with Crippen molar-refractivity contribution in [2.45, 2.75) is 50.4 Å². The summed E-state index contributed by atoms with van der Waals surface area (Å²) in [6, 6.07) is 26.0. The first-order valence-corrected chi connectivity index (χ1v) is 15.7. The molecule has 3 aliphatic heterocycles. The van der Waals surface area contributed by atoms with Crippen molar-refractivity contribution in [1.82, 2.24) is 5.32 Å². The molecule has 7 heteroatoms. The summed E-state index contributed by atoms with van der Waals surface area (Å²) in [5.74, 6) is 2.29. The van der Waals surface area contributed by atoms with E-state index in [-0.39, 0.29) is 12.2 Å². The van der Waals surface area contributed by atoms with E-state index in [1.165, 1.54) is 16.8 Å². The third-order valence-electron chi connectivity index (χ3n) is 8.82. The van der Waals surface area contributed by atoms with Gasteiger partial charge in [-0.25, -0.2) is 0 Å². The van der Waals surface area contributed by atoms with Gasteiger partial charge in [-0.3, -0.25) is 0 Å². The molecule has 0 aliphatic carbocycles. The van der Waals surface area contributed by atoms with Crippen LogP contribution in [0.5, 0.6) is 11.5 Å². The Morgan fingerprint density at radius 2 is 1.76 bits per heavy atom. The third-order valence-corrected chi connectivity index (χ3v) is 8.82. The average molecular weight is 572 g/mol. The first kappa shape index (κ1) is 28.8. The number of nitrogens with zero attached hydrogens (tertiary/aromatic N) is 2. The molecule has 1 N–H and O–H groups in total. The Bertz CT molecular complexity index is 1250. The van der Waals surface area contributed by atoms with E-state index in [4.69, 9.17) is 18.9 Å². The predicted octanol–water partition coefficient (Wildman–Crippen LogP) is 5.63. The van der Waals surface area contributed by atoms with Crippen molar-refractivity contribution in [2.24, 2.45) is 0 Å². The van der Waals surface area contributed by atoms with Gasteiger partial charge in [0, 0.05) is 64.3 Å². The Balaban J connectivity index is 1.03. The molecule has 3 heterocycles. The summed E-state index contributed by atoms with van der Waals surface area (Å²) in [6.07, 6.45) is 4.54. The lowest BCUT2D eigenvalue weighted by Gasteiger charge is -2.34. The molecule has 0 aromatic heterocycles. The van der Waals surface area contributed by atoms with Crippen LogP contribution < -0.4 is 24.6 Å². The molecule has 0 unspecified atom stereocenters. The lowest BCUT2D eigenvalue weighted by molar-refractivity contribution is 0.0106. The Labute approximate surface area is 250 Å². The Kier molecular flexibility index (Phi) is 9.80. The van der Waals surface area contributed by atoms with Gasteiger partial charge in [-0.15, -0.1) is 0 Å². The van der Waals surface area contributed by atoms with Gasteiger partial charge in [-0.1, -0.05) is 36.4 Å². The van der Waals surface area contributed by atoms with Crippen LogP contribution in [0.15, 0.2) is 72.8 Å². The molecular weight excluding hydrogens is 526 g/mol. The molecule has 6 rings (SSSR count). The first-order chi connectivity index (χ1) is 20.8. The van der Waals surface area contributed by atoms with Crippen molar-refractivity contribution < 1.29 is 18.9 Å². The quantitative estimate of drug-likeness (QED) is 0.299. The van der Waals surface area contributed by atoms with Crippen LogP contribution in [-0.4, -0.2) is 71.8 Å². The molecule has 224 valence electrons. The number of fused-ring (bicyclic) bond motifs is 1. The highest BCUT2D eigenvalue weighted by Gasteiger charge is 2.28. The SMILES string of the molecule is COCCCN1CCOc2ccc(CO[C@H]3CNCC[C@@H]3c3ccc(OC4CCN(c5ccccc5)CC4)cc3)cc21. The van der Waals surface area contributed by atoms with Gasteiger partial charge < -0.3 is 34.1 Å². The second kappa shape index (κ2) is 14.3. The lowest BCUT2D eigenvalue weighted by Crippen LogP contribution is -2.41. The number of para-hydroxylation sites is 1. The third kappa shape index (κ3) is 7.20. The lowest BCUT2D eigenvalue weighted by atomic mass is 9.87. The smallest absolute Gasteiger partial charge is 0.142 e. The second-order valence-electron chi connectivity index (χ2n) is 11.6. The van der Waals surface area contributed by atoms with Crippen LogP contribution in [0.3, 0.4) is 0 Å². The van der Waals surface area contributed by atoms with Crippen LogP contribution >= 0.6 is 0 Å². The predicted molar refractivity (Wildman–Crippen MR) is 168 cm³/mol. The average Bonchev–Trinajstić information content (AvgIpc) is 3.05. The number of hydrogen-bond acceptors (Lipinski definition) is 7. The fraction of sp³-hybridized carbons (Fsp3) is 0.486. The van der Waals surface area contributed by atoms with E-state index in [1.54, 1.807) is 7.11 Å². The standard InChI is InChI=1S/C35H45N3O4/c1-39-22-5-18-38-21-23-40-34-13-8-27(24-33(34)38)26-41-35-25-36-17-14-32(35)28-9-11-30(12-10-28)42-31-15-19-37(20-16-31)29-6-3-2-4-7-29/h2-4,6-13,24,31-32,35-36H,5,14-23,25-26H2,1H3/t32-,35+/m1/s1. The van der Waals surface area contributed by atoms with Crippen molar-refractivity contribution in [3.05, 3.63) is 83.9 Å². The summed E-state index contributed by atoms with van der Waals surface area (Å²) in [5.41, 5.74) is 4.98. The molecule has 2 saturated heterocycles. The molecule has 3 aromatic rings. The van der Waals surface area contributed by atoms with Gasteiger partial charge >= 0.3 is 0 Å². The van der Waals surface area contributed by atoms with Gasteiger partial charge in [0.1, 0.15) is 24.2 Å². The van der Waals surface area contributed by atoms with E-state index in [9.17, 15) is 0 Å². The summed E-state index contributed by atoms with van der Waals surface area (Å²) in [6.45, 7) is 7.89. The van der Waals surface area contributed by atoms with Crippen LogP contribution in [0, 0.1) is 0 Å². The fourth-order valence-corrected chi connectivity index (χ4v) is 6.49. The Morgan fingerprint density at radius 1 is 0.929 bits per heavy atom.